The molecule has 1 saturated heterocycles. The maximum Gasteiger partial charge on any atom is 0.139 e. The van der Waals surface area contributed by atoms with Crippen LogP contribution in [0, 0.1) is 5.92 Å². The van der Waals surface area contributed by atoms with Crippen LogP contribution in [0.3, 0.4) is 0 Å². The highest BCUT2D eigenvalue weighted by Crippen LogP contribution is 2.28. The van der Waals surface area contributed by atoms with E-state index in [1.165, 1.54) is 19.3 Å². The van der Waals surface area contributed by atoms with Gasteiger partial charge in [-0.1, -0.05) is 12.2 Å². The molecule has 1 aliphatic heterocycles. The van der Waals surface area contributed by atoms with Gasteiger partial charge < -0.3 is 14.6 Å². The van der Waals surface area contributed by atoms with Crippen molar-refractivity contribution in [2.45, 2.75) is 51.3 Å². The van der Waals surface area contributed by atoms with E-state index in [1.807, 2.05) is 12.4 Å². The van der Waals surface area contributed by atoms with Crippen LogP contribution in [0.2, 0.25) is 0 Å². The normalized spacial score (nSPS) is 29.9. The van der Waals surface area contributed by atoms with E-state index in [9.17, 15) is 0 Å². The molecule has 0 radical (unpaired) electrons. The zero-order valence-electron chi connectivity index (χ0n) is 12.3. The highest BCUT2D eigenvalue weighted by atomic mass is 16.5. The van der Waals surface area contributed by atoms with Gasteiger partial charge in [-0.05, 0) is 45.1 Å². The van der Waals surface area contributed by atoms with Gasteiger partial charge in [-0.25, -0.2) is 4.98 Å². The van der Waals surface area contributed by atoms with Gasteiger partial charge in [-0.3, -0.25) is 0 Å². The molecule has 3 atom stereocenters. The SMILES string of the molecule is CCn1ccnc1[C@H]1OCC[C@@H]1NCC1CC=CCC1. The lowest BCUT2D eigenvalue weighted by Gasteiger charge is -2.24. The lowest BCUT2D eigenvalue weighted by molar-refractivity contribution is 0.0879. The third kappa shape index (κ3) is 2.96. The van der Waals surface area contributed by atoms with E-state index >= 15 is 0 Å². The lowest BCUT2D eigenvalue weighted by atomic mass is 9.94. The Morgan fingerprint density at radius 3 is 3.15 bits per heavy atom. The van der Waals surface area contributed by atoms with Gasteiger partial charge in [0.25, 0.3) is 0 Å². The first-order valence-electron chi connectivity index (χ1n) is 7.89. The number of imidazole rings is 1. The van der Waals surface area contributed by atoms with E-state index in [2.05, 4.69) is 33.9 Å². The van der Waals surface area contributed by atoms with E-state index in [-0.39, 0.29) is 6.10 Å². The number of allylic oxidation sites excluding steroid dienone is 2. The van der Waals surface area contributed by atoms with Gasteiger partial charge >= 0.3 is 0 Å². The maximum absolute atomic E-state index is 5.93. The van der Waals surface area contributed by atoms with Crippen molar-refractivity contribution < 1.29 is 4.74 Å². The maximum atomic E-state index is 5.93. The Morgan fingerprint density at radius 1 is 1.40 bits per heavy atom. The monoisotopic (exact) mass is 275 g/mol. The quantitative estimate of drug-likeness (QED) is 0.840. The topological polar surface area (TPSA) is 39.1 Å². The van der Waals surface area contributed by atoms with Crippen LogP contribution < -0.4 is 5.32 Å². The fourth-order valence-corrected chi connectivity index (χ4v) is 3.26. The van der Waals surface area contributed by atoms with Crippen LogP contribution in [-0.4, -0.2) is 28.7 Å². The molecule has 0 aromatic carbocycles. The number of aryl methyl sites for hydroxylation is 1. The predicted octanol–water partition coefficient (Wildman–Crippen LogP) is 2.68. The standard InChI is InChI=1S/C16H25N3O/c1-2-19-10-9-17-16(19)15-14(8-11-20-15)18-12-13-6-4-3-5-7-13/h3-4,9-10,13-15,18H,2,5-8,11-12H2,1H3/t13?,14-,15-/m0/s1. The fourth-order valence-electron chi connectivity index (χ4n) is 3.26. The van der Waals surface area contributed by atoms with Crippen LogP contribution in [0.4, 0.5) is 0 Å². The molecule has 0 spiro atoms. The number of nitrogens with one attached hydrogen (secondary N) is 1. The summed E-state index contributed by atoms with van der Waals surface area (Å²) in [5.74, 6) is 1.86. The molecule has 2 aliphatic rings. The molecule has 0 saturated carbocycles. The fraction of sp³-hybridized carbons (Fsp3) is 0.688. The smallest absolute Gasteiger partial charge is 0.139 e. The zero-order chi connectivity index (χ0) is 13.8. The molecular weight excluding hydrogens is 250 g/mol. The second-order valence-electron chi connectivity index (χ2n) is 5.82. The van der Waals surface area contributed by atoms with Gasteiger partial charge in [0.15, 0.2) is 0 Å². The number of aromatic nitrogens is 2. The summed E-state index contributed by atoms with van der Waals surface area (Å²) in [6, 6.07) is 0.411. The summed E-state index contributed by atoms with van der Waals surface area (Å²) in [7, 11) is 0. The summed E-state index contributed by atoms with van der Waals surface area (Å²) in [6.45, 7) is 5.04. The Morgan fingerprint density at radius 2 is 2.35 bits per heavy atom. The molecule has 1 unspecified atom stereocenters. The predicted molar refractivity (Wildman–Crippen MR) is 79.5 cm³/mol. The first-order valence-corrected chi connectivity index (χ1v) is 7.89. The molecular formula is C16H25N3O. The van der Waals surface area contributed by atoms with Crippen molar-refractivity contribution in [1.29, 1.82) is 0 Å². The van der Waals surface area contributed by atoms with Crippen LogP contribution in [0.15, 0.2) is 24.5 Å². The second kappa shape index (κ2) is 6.55. The Labute approximate surface area is 121 Å². The molecule has 1 N–H and O–H groups in total. The molecule has 3 rings (SSSR count). The number of hydrogen-bond acceptors (Lipinski definition) is 3. The Hall–Kier alpha value is -1.13. The van der Waals surface area contributed by atoms with Gasteiger partial charge in [-0.2, -0.15) is 0 Å². The highest BCUT2D eigenvalue weighted by molar-refractivity contribution is 5.03. The molecule has 1 aliphatic carbocycles. The van der Waals surface area contributed by atoms with Crippen LogP contribution in [0.1, 0.15) is 44.5 Å². The van der Waals surface area contributed by atoms with Crippen molar-refractivity contribution in [3.8, 4) is 0 Å². The minimum Gasteiger partial charge on any atom is -0.369 e. The Kier molecular flexibility index (Phi) is 4.53. The van der Waals surface area contributed by atoms with Gasteiger partial charge in [0.2, 0.25) is 0 Å². The summed E-state index contributed by atoms with van der Waals surface area (Å²) in [4.78, 5) is 4.50. The average molecular weight is 275 g/mol. The minimum absolute atomic E-state index is 0.115. The van der Waals surface area contributed by atoms with E-state index in [1.54, 1.807) is 0 Å². The van der Waals surface area contributed by atoms with Crippen molar-refractivity contribution in [3.63, 3.8) is 0 Å². The molecule has 20 heavy (non-hydrogen) atoms. The van der Waals surface area contributed by atoms with Crippen molar-refractivity contribution >= 4 is 0 Å². The first kappa shape index (κ1) is 13.8. The Bertz CT molecular complexity index is 454. The zero-order valence-corrected chi connectivity index (χ0v) is 12.3. The van der Waals surface area contributed by atoms with Gasteiger partial charge in [0.1, 0.15) is 11.9 Å². The summed E-state index contributed by atoms with van der Waals surface area (Å²) in [6.07, 6.45) is 13.5. The van der Waals surface area contributed by atoms with Gasteiger partial charge in [0.05, 0.1) is 0 Å². The minimum atomic E-state index is 0.115. The second-order valence-corrected chi connectivity index (χ2v) is 5.82. The largest absolute Gasteiger partial charge is 0.369 e. The number of nitrogens with zero attached hydrogens (tertiary/aromatic N) is 2. The summed E-state index contributed by atoms with van der Waals surface area (Å²) < 4.78 is 8.12. The molecule has 110 valence electrons. The number of ether oxygens (including phenoxy) is 1. The van der Waals surface area contributed by atoms with E-state index < -0.39 is 0 Å². The molecule has 0 amide bonds. The van der Waals surface area contributed by atoms with Crippen molar-refractivity contribution in [1.82, 2.24) is 14.9 Å². The van der Waals surface area contributed by atoms with Crippen molar-refractivity contribution in [3.05, 3.63) is 30.4 Å². The molecule has 1 aromatic heterocycles. The van der Waals surface area contributed by atoms with Crippen LogP contribution in [0.5, 0.6) is 0 Å². The average Bonchev–Trinajstić information content (AvgIpc) is 3.14. The highest BCUT2D eigenvalue weighted by Gasteiger charge is 2.32. The molecule has 1 aromatic rings. The number of rotatable bonds is 5. The lowest BCUT2D eigenvalue weighted by Crippen LogP contribution is -2.36. The molecule has 0 bridgehead atoms. The summed E-state index contributed by atoms with van der Waals surface area (Å²) in [5, 5.41) is 3.73. The molecule has 2 heterocycles. The van der Waals surface area contributed by atoms with E-state index in [0.717, 1.165) is 37.9 Å². The van der Waals surface area contributed by atoms with Gasteiger partial charge in [0, 0.05) is 31.6 Å². The van der Waals surface area contributed by atoms with Crippen LogP contribution >= 0.6 is 0 Å². The molecule has 1 fully saturated rings. The third-order valence-electron chi connectivity index (χ3n) is 4.48. The summed E-state index contributed by atoms with van der Waals surface area (Å²) >= 11 is 0. The van der Waals surface area contributed by atoms with Crippen molar-refractivity contribution in [2.75, 3.05) is 13.2 Å². The molecule has 4 nitrogen and oxygen atoms in total. The molecule has 4 heteroatoms. The van der Waals surface area contributed by atoms with E-state index in [4.69, 9.17) is 4.74 Å². The first-order chi connectivity index (χ1) is 9.88. The van der Waals surface area contributed by atoms with Gasteiger partial charge in [-0.15, -0.1) is 0 Å². The Balaban J connectivity index is 1.59. The van der Waals surface area contributed by atoms with Crippen molar-refractivity contribution in [2.24, 2.45) is 5.92 Å². The number of hydrogen-bond donors (Lipinski definition) is 1. The third-order valence-corrected chi connectivity index (χ3v) is 4.48. The van der Waals surface area contributed by atoms with E-state index in [0.29, 0.717) is 6.04 Å². The van der Waals surface area contributed by atoms with Crippen LogP contribution in [0.25, 0.3) is 0 Å². The summed E-state index contributed by atoms with van der Waals surface area (Å²) in [5.41, 5.74) is 0. The van der Waals surface area contributed by atoms with Crippen LogP contribution in [-0.2, 0) is 11.3 Å².